The van der Waals surface area contributed by atoms with Crippen LogP contribution in [0.5, 0.6) is 5.75 Å². The van der Waals surface area contributed by atoms with E-state index in [1.807, 2.05) is 11.2 Å². The van der Waals surface area contributed by atoms with Gasteiger partial charge in [0.1, 0.15) is 5.75 Å². The van der Waals surface area contributed by atoms with Gasteiger partial charge in [-0.05, 0) is 74.8 Å². The van der Waals surface area contributed by atoms with Gasteiger partial charge in [0.2, 0.25) is 10.0 Å². The third-order valence-electron chi connectivity index (χ3n) is 6.66. The number of ether oxygens (including phenoxy) is 1. The lowest BCUT2D eigenvalue weighted by Crippen LogP contribution is -2.57. The van der Waals surface area contributed by atoms with Crippen molar-refractivity contribution in [3.05, 3.63) is 29.3 Å². The quantitative estimate of drug-likeness (QED) is 0.782. The van der Waals surface area contributed by atoms with Crippen LogP contribution in [0.25, 0.3) is 0 Å². The van der Waals surface area contributed by atoms with Gasteiger partial charge in [-0.15, -0.1) is 0 Å². The lowest BCUT2D eigenvalue weighted by molar-refractivity contribution is 0.0219. The Balaban J connectivity index is 1.59. The molecule has 28 heavy (non-hydrogen) atoms. The van der Waals surface area contributed by atoms with Gasteiger partial charge in [-0.1, -0.05) is 6.07 Å². The van der Waals surface area contributed by atoms with Gasteiger partial charge < -0.3 is 10.5 Å². The minimum atomic E-state index is -3.23. The Morgan fingerprint density at radius 2 is 2.14 bits per heavy atom. The second kappa shape index (κ2) is 8.30. The lowest BCUT2D eigenvalue weighted by Gasteiger charge is -2.51. The zero-order valence-electron chi connectivity index (χ0n) is 16.8. The first-order valence-corrected chi connectivity index (χ1v) is 12.3. The van der Waals surface area contributed by atoms with Gasteiger partial charge in [0.05, 0.1) is 12.4 Å². The summed E-state index contributed by atoms with van der Waals surface area (Å²) in [4.78, 5) is 2.58. The Morgan fingerprint density at radius 1 is 1.29 bits per heavy atom. The first-order valence-electron chi connectivity index (χ1n) is 10.7. The number of nitrogens with two attached hydrogens (primary N) is 1. The van der Waals surface area contributed by atoms with Crippen LogP contribution in [0.15, 0.2) is 18.2 Å². The molecule has 156 valence electrons. The van der Waals surface area contributed by atoms with E-state index >= 15 is 0 Å². The van der Waals surface area contributed by atoms with Crippen LogP contribution in [0.1, 0.15) is 49.8 Å². The Hall–Kier alpha value is -1.15. The number of hydrogen-bond acceptors (Lipinski definition) is 5. The Bertz CT molecular complexity index is 798. The maximum atomic E-state index is 13.0. The van der Waals surface area contributed by atoms with Gasteiger partial charge in [0.25, 0.3) is 0 Å². The molecular formula is C21H33N3O3S. The third kappa shape index (κ3) is 3.82. The van der Waals surface area contributed by atoms with E-state index in [1.165, 1.54) is 11.1 Å². The highest BCUT2D eigenvalue weighted by Crippen LogP contribution is 2.44. The number of rotatable bonds is 6. The topological polar surface area (TPSA) is 75.9 Å². The highest BCUT2D eigenvalue weighted by molar-refractivity contribution is 7.89. The third-order valence-corrected chi connectivity index (χ3v) is 8.63. The van der Waals surface area contributed by atoms with Crippen LogP contribution in [-0.4, -0.2) is 62.2 Å². The van der Waals surface area contributed by atoms with E-state index in [0.717, 1.165) is 44.5 Å². The molecule has 4 rings (SSSR count). The predicted molar refractivity (Wildman–Crippen MR) is 111 cm³/mol. The van der Waals surface area contributed by atoms with Crippen molar-refractivity contribution < 1.29 is 13.2 Å². The summed E-state index contributed by atoms with van der Waals surface area (Å²) in [5, 5.41) is 0. The zero-order chi connectivity index (χ0) is 19.7. The smallest absolute Gasteiger partial charge is 0.214 e. The lowest BCUT2D eigenvalue weighted by atomic mass is 9.77. The molecule has 3 aliphatic rings. The van der Waals surface area contributed by atoms with Crippen molar-refractivity contribution in [1.82, 2.24) is 9.21 Å². The molecule has 1 aromatic carbocycles. The highest BCUT2D eigenvalue weighted by Gasteiger charge is 2.45. The number of piperidine rings is 2. The van der Waals surface area contributed by atoms with Crippen LogP contribution in [-0.2, 0) is 16.4 Å². The summed E-state index contributed by atoms with van der Waals surface area (Å²) < 4.78 is 33.4. The fourth-order valence-corrected chi connectivity index (χ4v) is 7.22. The van der Waals surface area contributed by atoms with E-state index in [-0.39, 0.29) is 11.8 Å². The van der Waals surface area contributed by atoms with E-state index in [9.17, 15) is 8.42 Å². The van der Waals surface area contributed by atoms with E-state index < -0.39 is 10.0 Å². The summed E-state index contributed by atoms with van der Waals surface area (Å²) in [5.74, 6) is 1.56. The first-order chi connectivity index (χ1) is 13.5. The van der Waals surface area contributed by atoms with Gasteiger partial charge in [-0.2, -0.15) is 4.31 Å². The molecule has 3 heterocycles. The molecule has 7 heteroatoms. The fourth-order valence-electron chi connectivity index (χ4n) is 5.38. The van der Waals surface area contributed by atoms with Crippen LogP contribution in [0.4, 0.5) is 0 Å². The van der Waals surface area contributed by atoms with E-state index in [1.54, 1.807) is 0 Å². The average molecular weight is 408 g/mol. The zero-order valence-corrected chi connectivity index (χ0v) is 17.7. The molecule has 0 amide bonds. The minimum absolute atomic E-state index is 0.121. The molecular weight excluding hydrogens is 374 g/mol. The molecule has 3 atom stereocenters. The molecule has 0 bridgehead atoms. The first kappa shape index (κ1) is 20.1. The summed E-state index contributed by atoms with van der Waals surface area (Å²) in [5.41, 5.74) is 8.29. The van der Waals surface area contributed by atoms with Crippen molar-refractivity contribution in [2.45, 2.75) is 51.1 Å². The van der Waals surface area contributed by atoms with Crippen molar-refractivity contribution in [3.63, 3.8) is 0 Å². The maximum absolute atomic E-state index is 13.0. The van der Waals surface area contributed by atoms with Gasteiger partial charge >= 0.3 is 0 Å². The number of fused-ring (bicyclic) bond motifs is 4. The maximum Gasteiger partial charge on any atom is 0.214 e. The van der Waals surface area contributed by atoms with Crippen molar-refractivity contribution in [3.8, 4) is 5.75 Å². The number of nitrogens with zero attached hydrogens (tertiary/aromatic N) is 2. The second-order valence-electron chi connectivity index (χ2n) is 8.33. The average Bonchev–Trinajstić information content (AvgIpc) is 2.70. The van der Waals surface area contributed by atoms with E-state index in [4.69, 9.17) is 10.5 Å². The standard InChI is InChI=1S/C21H33N3O3S/c1-2-27-18-6-7-19-16(13-18)8-11-23-15-17-5-3-10-24(20(17)14-21(19)23)28(25,26)12-4-9-22/h6-7,13,17,20-21H,2-5,8-12,14-15,22H2,1H3/t17-,20+,21+/m1/s1. The molecule has 2 fully saturated rings. The molecule has 3 aliphatic heterocycles. The molecule has 0 unspecified atom stereocenters. The Morgan fingerprint density at radius 3 is 2.93 bits per heavy atom. The monoisotopic (exact) mass is 407 g/mol. The molecule has 0 saturated carbocycles. The molecule has 2 saturated heterocycles. The molecule has 0 aromatic heterocycles. The van der Waals surface area contributed by atoms with Crippen molar-refractivity contribution >= 4 is 10.0 Å². The van der Waals surface area contributed by atoms with Gasteiger partial charge in [-0.25, -0.2) is 8.42 Å². The van der Waals surface area contributed by atoms with Crippen molar-refractivity contribution in [1.29, 1.82) is 0 Å². The SMILES string of the molecule is CCOc1ccc2c(c1)CCN1C[C@H]3CCCN(S(=O)(=O)CCCN)[C@H]3C[C@@H]21. The van der Waals surface area contributed by atoms with Gasteiger partial charge in [0.15, 0.2) is 0 Å². The Labute approximate surface area is 169 Å². The second-order valence-corrected chi connectivity index (χ2v) is 10.4. The van der Waals surface area contributed by atoms with Crippen LogP contribution in [0.3, 0.4) is 0 Å². The van der Waals surface area contributed by atoms with Gasteiger partial charge in [-0.3, -0.25) is 4.90 Å². The molecule has 0 spiro atoms. The van der Waals surface area contributed by atoms with Crippen LogP contribution in [0.2, 0.25) is 0 Å². The predicted octanol–water partition coefficient (Wildman–Crippen LogP) is 2.15. The number of sulfonamides is 1. The van der Waals surface area contributed by atoms with Crippen molar-refractivity contribution in [2.24, 2.45) is 11.7 Å². The summed E-state index contributed by atoms with van der Waals surface area (Å²) in [7, 11) is -3.23. The van der Waals surface area contributed by atoms with E-state index in [2.05, 4.69) is 23.1 Å². The molecule has 2 N–H and O–H groups in total. The summed E-state index contributed by atoms with van der Waals surface area (Å²) in [6, 6.07) is 6.88. The highest BCUT2D eigenvalue weighted by atomic mass is 32.2. The number of hydrogen-bond donors (Lipinski definition) is 1. The summed E-state index contributed by atoms with van der Waals surface area (Å²) in [6.45, 7) is 5.82. The molecule has 0 radical (unpaired) electrons. The Kier molecular flexibility index (Phi) is 5.97. The summed E-state index contributed by atoms with van der Waals surface area (Å²) >= 11 is 0. The van der Waals surface area contributed by atoms with Gasteiger partial charge in [0, 0.05) is 31.7 Å². The largest absolute Gasteiger partial charge is 0.494 e. The summed E-state index contributed by atoms with van der Waals surface area (Å²) in [6.07, 6.45) is 4.58. The molecule has 6 nitrogen and oxygen atoms in total. The van der Waals surface area contributed by atoms with Crippen LogP contribution >= 0.6 is 0 Å². The molecule has 1 aromatic rings. The van der Waals surface area contributed by atoms with Crippen molar-refractivity contribution in [2.75, 3.05) is 38.5 Å². The normalized spacial score (nSPS) is 28.3. The van der Waals surface area contributed by atoms with Crippen LogP contribution in [0, 0.1) is 5.92 Å². The number of benzene rings is 1. The molecule has 0 aliphatic carbocycles. The van der Waals surface area contributed by atoms with Crippen LogP contribution < -0.4 is 10.5 Å². The fraction of sp³-hybridized carbons (Fsp3) is 0.714. The van der Waals surface area contributed by atoms with E-state index in [0.29, 0.717) is 38.1 Å². The minimum Gasteiger partial charge on any atom is -0.494 e.